The van der Waals surface area contributed by atoms with Gasteiger partial charge in [0.05, 0.1) is 12.9 Å². The summed E-state index contributed by atoms with van der Waals surface area (Å²) in [7, 11) is 2.99. The van der Waals surface area contributed by atoms with E-state index in [1.54, 1.807) is 16.5 Å². The van der Waals surface area contributed by atoms with E-state index in [0.717, 1.165) is 11.0 Å². The van der Waals surface area contributed by atoms with Gasteiger partial charge in [-0.3, -0.25) is 23.6 Å². The molecular weight excluding hydrogens is 338 g/mol. The Morgan fingerprint density at radius 2 is 1.92 bits per heavy atom. The Labute approximate surface area is 144 Å². The minimum Gasteiger partial charge on any atom is -0.480 e. The summed E-state index contributed by atoms with van der Waals surface area (Å²) in [6.45, 7) is 3.51. The van der Waals surface area contributed by atoms with E-state index in [1.807, 2.05) is 6.92 Å². The number of carboxylic acids is 1. The molecule has 2 heterocycles. The highest BCUT2D eigenvalue weighted by atomic mass is 35.5. The van der Waals surface area contributed by atoms with Crippen LogP contribution in [0.1, 0.15) is 13.3 Å². The summed E-state index contributed by atoms with van der Waals surface area (Å²) in [6, 6.07) is 0. The number of aryl methyl sites for hydroxylation is 1. The summed E-state index contributed by atoms with van der Waals surface area (Å²) >= 11 is 0. The molecule has 0 aromatic carbocycles. The molecule has 0 radical (unpaired) electrons. The number of carboxylic acid groups (broad SMARTS) is 1. The minimum absolute atomic E-state index is 0. The largest absolute Gasteiger partial charge is 0.480 e. The van der Waals surface area contributed by atoms with Gasteiger partial charge < -0.3 is 9.67 Å². The quantitative estimate of drug-likeness (QED) is 0.725. The van der Waals surface area contributed by atoms with Crippen LogP contribution in [0, 0.1) is 0 Å². The van der Waals surface area contributed by atoms with Crippen molar-refractivity contribution in [3.05, 3.63) is 27.2 Å². The molecule has 1 N–H and O–H groups in total. The van der Waals surface area contributed by atoms with Crippen molar-refractivity contribution >= 4 is 29.5 Å². The van der Waals surface area contributed by atoms with Gasteiger partial charge in [0.2, 0.25) is 0 Å². The lowest BCUT2D eigenvalue weighted by atomic mass is 10.4. The summed E-state index contributed by atoms with van der Waals surface area (Å²) in [5.41, 5.74) is -0.146. The zero-order valence-corrected chi connectivity index (χ0v) is 14.7. The summed E-state index contributed by atoms with van der Waals surface area (Å²) in [5, 5.41) is 8.93. The molecule has 10 heteroatoms. The number of aromatic nitrogens is 4. The third kappa shape index (κ3) is 3.85. The Hall–Kier alpha value is -2.13. The second-order valence-electron chi connectivity index (χ2n) is 5.49. The number of carbonyl (C=O) groups is 1. The van der Waals surface area contributed by atoms with Crippen LogP contribution >= 0.6 is 12.4 Å². The maximum atomic E-state index is 12.3. The summed E-state index contributed by atoms with van der Waals surface area (Å²) < 4.78 is 4.04. The van der Waals surface area contributed by atoms with Crippen molar-refractivity contribution in [2.75, 3.05) is 19.6 Å². The van der Waals surface area contributed by atoms with Crippen molar-refractivity contribution in [3.8, 4) is 0 Å². The van der Waals surface area contributed by atoms with Gasteiger partial charge >= 0.3 is 11.7 Å². The Kier molecular flexibility index (Phi) is 6.73. The minimum atomic E-state index is -0.882. The maximum Gasteiger partial charge on any atom is 0.332 e. The van der Waals surface area contributed by atoms with Gasteiger partial charge in [0, 0.05) is 27.2 Å². The molecule has 2 aromatic heterocycles. The van der Waals surface area contributed by atoms with Crippen molar-refractivity contribution in [1.82, 2.24) is 23.6 Å². The van der Waals surface area contributed by atoms with Gasteiger partial charge in [0.15, 0.2) is 11.2 Å². The molecule has 0 fully saturated rings. The fourth-order valence-electron chi connectivity index (χ4n) is 2.59. The average Bonchev–Trinajstić information content (AvgIpc) is 2.92. The molecule has 2 aromatic rings. The van der Waals surface area contributed by atoms with E-state index >= 15 is 0 Å². The molecule has 0 aliphatic rings. The maximum absolute atomic E-state index is 12.3. The van der Waals surface area contributed by atoms with E-state index in [9.17, 15) is 14.4 Å². The normalized spacial score (nSPS) is 11.0. The first-order valence-corrected chi connectivity index (χ1v) is 7.41. The number of nitrogens with zero attached hydrogens (tertiary/aromatic N) is 5. The molecule has 0 atom stereocenters. The predicted octanol–water partition coefficient (Wildman–Crippen LogP) is -0.348. The molecule has 0 saturated heterocycles. The monoisotopic (exact) mass is 359 g/mol. The summed E-state index contributed by atoms with van der Waals surface area (Å²) in [6.07, 6.45) is 2.35. The number of hydrogen-bond acceptors (Lipinski definition) is 5. The van der Waals surface area contributed by atoms with Crippen LogP contribution in [-0.2, 0) is 25.4 Å². The van der Waals surface area contributed by atoms with Crippen LogP contribution < -0.4 is 11.2 Å². The fourth-order valence-corrected chi connectivity index (χ4v) is 2.59. The molecule has 134 valence electrons. The first kappa shape index (κ1) is 19.9. The van der Waals surface area contributed by atoms with Crippen molar-refractivity contribution in [3.63, 3.8) is 0 Å². The highest BCUT2D eigenvalue weighted by Crippen LogP contribution is 2.06. The van der Waals surface area contributed by atoms with Crippen molar-refractivity contribution in [2.45, 2.75) is 19.9 Å². The Morgan fingerprint density at radius 1 is 1.25 bits per heavy atom. The number of aliphatic carboxylic acids is 1. The SMILES string of the molecule is CCCN(CCn1cnc2c1c(=O)n(C)c(=O)n2C)CC(=O)O.Cl. The topological polar surface area (TPSA) is 102 Å². The van der Waals surface area contributed by atoms with Crippen LogP contribution in [0.2, 0.25) is 0 Å². The van der Waals surface area contributed by atoms with Gasteiger partial charge in [-0.1, -0.05) is 6.92 Å². The molecule has 9 nitrogen and oxygen atoms in total. The zero-order chi connectivity index (χ0) is 17.1. The van der Waals surface area contributed by atoms with Crippen LogP contribution in [0.15, 0.2) is 15.9 Å². The number of imidazole rings is 1. The van der Waals surface area contributed by atoms with Gasteiger partial charge in [-0.25, -0.2) is 9.78 Å². The van der Waals surface area contributed by atoms with E-state index in [4.69, 9.17) is 5.11 Å². The molecule has 0 saturated carbocycles. The molecule has 24 heavy (non-hydrogen) atoms. The Morgan fingerprint density at radius 3 is 2.50 bits per heavy atom. The third-order valence-corrected chi connectivity index (χ3v) is 3.77. The predicted molar refractivity (Wildman–Crippen MR) is 91.8 cm³/mol. The van der Waals surface area contributed by atoms with E-state index < -0.39 is 17.2 Å². The van der Waals surface area contributed by atoms with E-state index in [1.165, 1.54) is 17.9 Å². The van der Waals surface area contributed by atoms with Gasteiger partial charge in [-0.15, -0.1) is 12.4 Å². The van der Waals surface area contributed by atoms with Crippen LogP contribution in [-0.4, -0.2) is 54.3 Å². The van der Waals surface area contributed by atoms with E-state index in [0.29, 0.717) is 30.8 Å². The Balaban J connectivity index is 0.00000288. The van der Waals surface area contributed by atoms with Crippen molar-refractivity contribution in [1.29, 1.82) is 0 Å². The van der Waals surface area contributed by atoms with E-state index in [-0.39, 0.29) is 19.0 Å². The number of rotatable bonds is 7. The smallest absolute Gasteiger partial charge is 0.332 e. The molecule has 0 aliphatic heterocycles. The fraction of sp³-hybridized carbons (Fsp3) is 0.571. The van der Waals surface area contributed by atoms with Crippen LogP contribution in [0.5, 0.6) is 0 Å². The second kappa shape index (κ2) is 8.11. The highest BCUT2D eigenvalue weighted by molar-refractivity contribution is 5.85. The number of fused-ring (bicyclic) bond motifs is 1. The van der Waals surface area contributed by atoms with Gasteiger partial charge in [-0.05, 0) is 13.0 Å². The molecule has 0 amide bonds. The second-order valence-corrected chi connectivity index (χ2v) is 5.49. The Bertz CT molecular complexity index is 838. The van der Waals surface area contributed by atoms with E-state index in [2.05, 4.69) is 4.98 Å². The lowest BCUT2D eigenvalue weighted by molar-refractivity contribution is -0.138. The number of halogens is 1. The third-order valence-electron chi connectivity index (χ3n) is 3.77. The average molecular weight is 360 g/mol. The molecule has 0 spiro atoms. The van der Waals surface area contributed by atoms with Crippen LogP contribution in [0.3, 0.4) is 0 Å². The summed E-state index contributed by atoms with van der Waals surface area (Å²) in [5.74, 6) is -0.882. The summed E-state index contributed by atoms with van der Waals surface area (Å²) in [4.78, 5) is 41.0. The first-order chi connectivity index (χ1) is 10.9. The van der Waals surface area contributed by atoms with Gasteiger partial charge in [-0.2, -0.15) is 0 Å². The first-order valence-electron chi connectivity index (χ1n) is 7.41. The lowest BCUT2D eigenvalue weighted by Crippen LogP contribution is -2.38. The molecule has 0 bridgehead atoms. The molecular formula is C14H22ClN5O4. The van der Waals surface area contributed by atoms with Crippen LogP contribution in [0.25, 0.3) is 11.2 Å². The van der Waals surface area contributed by atoms with Gasteiger partial charge in [0.1, 0.15) is 0 Å². The number of hydrogen-bond donors (Lipinski definition) is 1. The van der Waals surface area contributed by atoms with Crippen molar-refractivity contribution in [2.24, 2.45) is 14.1 Å². The zero-order valence-electron chi connectivity index (χ0n) is 13.9. The van der Waals surface area contributed by atoms with Crippen molar-refractivity contribution < 1.29 is 9.90 Å². The standard InChI is InChI=1S/C14H21N5O4.ClH/c1-4-5-18(8-10(20)21)6-7-19-9-15-12-11(19)13(22)17(3)14(23)16(12)2;/h9H,4-8H2,1-3H3,(H,20,21);1H. The lowest BCUT2D eigenvalue weighted by Gasteiger charge is -2.19. The molecule has 2 rings (SSSR count). The highest BCUT2D eigenvalue weighted by Gasteiger charge is 2.15. The van der Waals surface area contributed by atoms with Crippen LogP contribution in [0.4, 0.5) is 0 Å². The molecule has 0 unspecified atom stereocenters. The van der Waals surface area contributed by atoms with Gasteiger partial charge in [0.25, 0.3) is 5.56 Å². The molecule has 0 aliphatic carbocycles.